The molecule has 0 aromatic rings. The predicted octanol–water partition coefficient (Wildman–Crippen LogP) is -17.8. The average Bonchev–Trinajstić information content (AvgIpc) is 0.843. The second kappa shape index (κ2) is 32.1. The number of hydrogen-bond acceptors (Lipinski definition) is 41. The van der Waals surface area contributed by atoms with Crippen LogP contribution in [-0.2, 0) is 75.8 Å². The van der Waals surface area contributed by atoms with E-state index in [0.29, 0.717) is 0 Å². The Morgan fingerprint density at radius 3 is 0.733 bits per heavy atom. The van der Waals surface area contributed by atoms with E-state index in [1.165, 1.54) is 0 Å². The number of aliphatic hydroxyl groups is 25. The van der Waals surface area contributed by atoms with E-state index in [0.717, 1.165) is 7.11 Å². The average molecular weight is 1330 g/mol. The van der Waals surface area contributed by atoms with E-state index in [2.05, 4.69) is 0 Å². The van der Waals surface area contributed by atoms with Gasteiger partial charge in [-0.15, -0.1) is 0 Å². The molecule has 8 aliphatic heterocycles. The molecule has 0 bridgehead atoms. The second-order valence-corrected chi connectivity index (χ2v) is 22.6. The topological polar surface area (TPSA) is 653 Å². The van der Waals surface area contributed by atoms with E-state index in [9.17, 15) is 128 Å². The van der Waals surface area contributed by atoms with Crippen LogP contribution in [0.25, 0.3) is 0 Å². The largest absolute Gasteiger partial charge is 0.394 e. The highest BCUT2D eigenvalue weighted by atomic mass is 16.8. The van der Waals surface area contributed by atoms with Gasteiger partial charge in [-0.25, -0.2) is 0 Å². The van der Waals surface area contributed by atoms with Gasteiger partial charge in [-0.05, 0) is 0 Å². The molecule has 40 atom stereocenters. The molecule has 16 unspecified atom stereocenters. The molecule has 0 spiro atoms. The van der Waals surface area contributed by atoms with E-state index in [4.69, 9.17) is 75.8 Å². The normalized spacial score (nSPS) is 53.1. The molecule has 8 rings (SSSR count). The standard InChI is InChI=1S/C49H84O41/c1-75-35-19(58)12(4-52)79-44(29(35)68)86-37-21(60)14(6-54)83-48(31(37)70)90-41-25(64)17(9-76-43-27(66)26(65)18(57)10(2-50)78-43)84-49(34(41)73)89-40-24(63)16(8-56)82-47(33(40)72)88-39-23(62)15(7-55)81-46(32(39)71)87-38-22(61)13(5-53)80-45(30(38)69)85-36-20(59)11(3-51)77-42(74)28(36)67/h10-74H,2-9H2,1H3/t10?,11?,12?,13?,14?,15?,16?,17?,18-,19-,20-,21-,22-,23-,24-,25-,26+,27?,28?,29?,30?,31?,32?,33?,34?,35+,36+,37+,38+,39+,40+,41+,42-,43-,44+,45+,46+,47+,48+,49+/m1/s1. The lowest BCUT2D eigenvalue weighted by molar-refractivity contribution is -0.402. The minimum absolute atomic E-state index is 0.855. The molecular formula is C49H84O41. The first-order valence-electron chi connectivity index (χ1n) is 28.6. The van der Waals surface area contributed by atoms with Crippen molar-refractivity contribution in [2.24, 2.45) is 0 Å². The van der Waals surface area contributed by atoms with Gasteiger partial charge in [0.05, 0.1) is 52.9 Å². The van der Waals surface area contributed by atoms with Crippen molar-refractivity contribution in [1.82, 2.24) is 0 Å². The van der Waals surface area contributed by atoms with Crippen LogP contribution in [0.3, 0.4) is 0 Å². The fraction of sp³-hybridized carbons (Fsp3) is 1.00. The molecular weight excluding hydrogens is 1240 g/mol. The Morgan fingerprint density at radius 1 is 0.222 bits per heavy atom. The Labute approximate surface area is 508 Å². The van der Waals surface area contributed by atoms with Crippen molar-refractivity contribution in [3.63, 3.8) is 0 Å². The van der Waals surface area contributed by atoms with Crippen LogP contribution in [0.4, 0.5) is 0 Å². The lowest BCUT2D eigenvalue weighted by atomic mass is 9.95. The minimum atomic E-state index is -2.44. The molecule has 41 nitrogen and oxygen atoms in total. The number of aliphatic hydroxyl groups excluding tert-OH is 25. The zero-order chi connectivity index (χ0) is 66.1. The SMILES string of the molecule is CO[C@@H]1C(O)[C@H](O[C@@H]2C(O)[C@H](O[C@@H]3C(O)[C@H](O[C@@H]4C(O)[C@H](O[C@@H]5C(O)[C@H](O[C@@H]6C(O)[C@H](O[C@@H]7C(O)[C@H](O)OC(CO)[C@H]7O)OC(CO)[C@H]6O)OC(CO)[C@H]5O)OC(CO)[C@H]4O)OC(CO[C@@H]4OC(CO)[C@@H](O)[C@H](O)C4O)[C@H]3O)OC(CO)[C@H]2O)OC(CO)[C@H]1O. The van der Waals surface area contributed by atoms with Crippen LogP contribution in [-0.4, -0.2) is 433 Å². The van der Waals surface area contributed by atoms with Crippen LogP contribution >= 0.6 is 0 Å². The van der Waals surface area contributed by atoms with Crippen LogP contribution in [0.15, 0.2) is 0 Å². The predicted molar refractivity (Wildman–Crippen MR) is 269 cm³/mol. The number of ether oxygens (including phenoxy) is 16. The van der Waals surface area contributed by atoms with Gasteiger partial charge in [-0.2, -0.15) is 0 Å². The Hall–Kier alpha value is -1.64. The molecule has 41 heteroatoms. The molecule has 8 heterocycles. The van der Waals surface area contributed by atoms with E-state index in [1.807, 2.05) is 0 Å². The van der Waals surface area contributed by atoms with Crippen LogP contribution in [0.2, 0.25) is 0 Å². The quantitative estimate of drug-likeness (QED) is 0.0452. The second-order valence-electron chi connectivity index (χ2n) is 22.6. The molecule has 0 radical (unpaired) electrons. The van der Waals surface area contributed by atoms with Crippen molar-refractivity contribution < 1.29 is 203 Å². The minimum Gasteiger partial charge on any atom is -0.394 e. The molecule has 0 aromatic heterocycles. The summed E-state index contributed by atoms with van der Waals surface area (Å²) in [6.07, 6.45) is -80.8. The van der Waals surface area contributed by atoms with Gasteiger partial charge in [0.1, 0.15) is 195 Å². The molecule has 0 saturated carbocycles. The van der Waals surface area contributed by atoms with Gasteiger partial charge in [-0.1, -0.05) is 0 Å². The summed E-state index contributed by atoms with van der Waals surface area (Å²) in [6.45, 7) is -8.05. The first-order chi connectivity index (χ1) is 42.7. The summed E-state index contributed by atoms with van der Waals surface area (Å²) in [7, 11) is 1.09. The van der Waals surface area contributed by atoms with Gasteiger partial charge in [0.25, 0.3) is 0 Å². The first kappa shape index (κ1) is 74.2. The molecule has 90 heavy (non-hydrogen) atoms. The fourth-order valence-corrected chi connectivity index (χ4v) is 11.6. The molecule has 0 amide bonds. The lowest BCUT2D eigenvalue weighted by Crippen LogP contribution is -2.69. The van der Waals surface area contributed by atoms with Crippen molar-refractivity contribution in [2.75, 3.05) is 60.0 Å². The number of hydrogen-bond donors (Lipinski definition) is 25. The molecule has 25 N–H and O–H groups in total. The molecule has 8 fully saturated rings. The molecule has 0 aromatic carbocycles. The molecule has 0 aliphatic carbocycles. The summed E-state index contributed by atoms with van der Waals surface area (Å²) in [5.41, 5.74) is 0. The van der Waals surface area contributed by atoms with Gasteiger partial charge < -0.3 is 203 Å². The third-order valence-electron chi connectivity index (χ3n) is 16.9. The van der Waals surface area contributed by atoms with Crippen LogP contribution in [0.5, 0.6) is 0 Å². The van der Waals surface area contributed by atoms with Gasteiger partial charge in [0.2, 0.25) is 0 Å². The van der Waals surface area contributed by atoms with E-state index in [-0.39, 0.29) is 0 Å². The maximum absolute atomic E-state index is 12.0. The first-order valence-corrected chi connectivity index (χ1v) is 28.6. The zero-order valence-electron chi connectivity index (χ0n) is 47.5. The van der Waals surface area contributed by atoms with Crippen LogP contribution < -0.4 is 0 Å². The molecule has 8 aliphatic rings. The van der Waals surface area contributed by atoms with Gasteiger partial charge in [-0.3, -0.25) is 0 Å². The zero-order valence-corrected chi connectivity index (χ0v) is 47.5. The van der Waals surface area contributed by atoms with E-state index in [1.54, 1.807) is 0 Å². The van der Waals surface area contributed by atoms with Crippen molar-refractivity contribution in [3.05, 3.63) is 0 Å². The third kappa shape index (κ3) is 15.2. The highest BCUT2D eigenvalue weighted by molar-refractivity contribution is 5.02. The van der Waals surface area contributed by atoms with Gasteiger partial charge >= 0.3 is 0 Å². The maximum Gasteiger partial charge on any atom is 0.187 e. The Balaban J connectivity index is 1.03. The van der Waals surface area contributed by atoms with E-state index < -0.39 is 299 Å². The van der Waals surface area contributed by atoms with Gasteiger partial charge in [0.15, 0.2) is 50.3 Å². The monoisotopic (exact) mass is 1330 g/mol. The highest BCUT2D eigenvalue weighted by Gasteiger charge is 2.59. The van der Waals surface area contributed by atoms with Gasteiger partial charge in [0, 0.05) is 7.11 Å². The lowest BCUT2D eigenvalue weighted by Gasteiger charge is -2.50. The Kier molecular flexibility index (Phi) is 26.5. The van der Waals surface area contributed by atoms with Crippen molar-refractivity contribution >= 4 is 0 Å². The summed E-state index contributed by atoms with van der Waals surface area (Å²) < 4.78 is 89.6. The van der Waals surface area contributed by atoms with E-state index >= 15 is 0 Å². The summed E-state index contributed by atoms with van der Waals surface area (Å²) in [4.78, 5) is 0. The van der Waals surface area contributed by atoms with Crippen LogP contribution in [0.1, 0.15) is 0 Å². The van der Waals surface area contributed by atoms with Crippen molar-refractivity contribution in [1.29, 1.82) is 0 Å². The van der Waals surface area contributed by atoms with Crippen LogP contribution in [0, 0.1) is 0 Å². The summed E-state index contributed by atoms with van der Waals surface area (Å²) in [5, 5.41) is 271. The summed E-state index contributed by atoms with van der Waals surface area (Å²) in [5.74, 6) is 0. The maximum atomic E-state index is 12.0. The molecule has 526 valence electrons. The number of rotatable bonds is 23. The molecule has 8 saturated heterocycles. The summed E-state index contributed by atoms with van der Waals surface area (Å²) in [6, 6.07) is 0. The Bertz CT molecular complexity index is 2150. The smallest absolute Gasteiger partial charge is 0.187 e. The summed E-state index contributed by atoms with van der Waals surface area (Å²) >= 11 is 0. The number of methoxy groups -OCH3 is 1. The van der Waals surface area contributed by atoms with Crippen molar-refractivity contribution in [3.8, 4) is 0 Å². The van der Waals surface area contributed by atoms with Crippen molar-refractivity contribution in [2.45, 2.75) is 246 Å². The third-order valence-corrected chi connectivity index (χ3v) is 16.9. The Morgan fingerprint density at radius 2 is 0.444 bits per heavy atom. The fourth-order valence-electron chi connectivity index (χ4n) is 11.6. The highest BCUT2D eigenvalue weighted by Crippen LogP contribution is 2.39.